The molecule has 2 heterocycles. The zero-order chi connectivity index (χ0) is 26.0. The van der Waals surface area contributed by atoms with Crippen LogP contribution in [0.1, 0.15) is 17.3 Å². The Morgan fingerprint density at radius 1 is 1.14 bits per heavy atom. The van der Waals surface area contributed by atoms with Gasteiger partial charge in [-0.3, -0.25) is 4.79 Å². The maximum absolute atomic E-state index is 15.1. The number of aromatic carboxylic acids is 1. The first-order valence-corrected chi connectivity index (χ1v) is 11.8. The van der Waals surface area contributed by atoms with Crippen molar-refractivity contribution in [1.29, 1.82) is 0 Å². The van der Waals surface area contributed by atoms with Gasteiger partial charge < -0.3 is 39.1 Å². The number of aromatic nitrogens is 1. The van der Waals surface area contributed by atoms with Crippen LogP contribution >= 0.6 is 12.2 Å². The largest absolute Gasteiger partial charge is 0.545 e. The van der Waals surface area contributed by atoms with Crippen molar-refractivity contribution in [3.05, 3.63) is 58.1 Å². The number of aryl methyl sites for hydroxylation is 1. The van der Waals surface area contributed by atoms with Crippen LogP contribution in [0.2, 0.25) is 0 Å². The number of thiocarbonyl (C=S) groups is 1. The molecule has 1 N–H and O–H groups in total. The van der Waals surface area contributed by atoms with Gasteiger partial charge in [0.1, 0.15) is 17.3 Å². The lowest BCUT2D eigenvalue weighted by molar-refractivity contribution is -0.255. The maximum atomic E-state index is 15.1. The minimum absolute atomic E-state index is 0.0102. The predicted octanol–water partition coefficient (Wildman–Crippen LogP) is 2.06. The van der Waals surface area contributed by atoms with Gasteiger partial charge in [-0.05, 0) is 43.4 Å². The van der Waals surface area contributed by atoms with Crippen molar-refractivity contribution < 1.29 is 23.8 Å². The van der Waals surface area contributed by atoms with Gasteiger partial charge in [0.05, 0.1) is 42.6 Å². The number of carbonyl (C=O) groups is 1. The summed E-state index contributed by atoms with van der Waals surface area (Å²) in [4.78, 5) is 27.8. The highest BCUT2D eigenvalue weighted by Gasteiger charge is 2.23. The van der Waals surface area contributed by atoms with E-state index in [9.17, 15) is 14.7 Å². The van der Waals surface area contributed by atoms with Crippen LogP contribution in [0, 0.1) is 5.82 Å². The van der Waals surface area contributed by atoms with E-state index in [1.807, 2.05) is 16.7 Å². The molecular weight excluding hydrogens is 487 g/mol. The molecule has 0 spiro atoms. The van der Waals surface area contributed by atoms with Gasteiger partial charge >= 0.3 is 0 Å². The second-order valence-corrected chi connectivity index (χ2v) is 8.62. The average Bonchev–Trinajstić information content (AvgIpc) is 2.88. The standard InChI is InChI=1S/C25H27FN4O5S/c1-4-28-14-17(24(32)33)23(31)16-12-18(26)21(13-20(16)28)29-7-9-30(10-8-29)25(36)27-19-11-15(34-2)5-6-22(19)35-3/h5-6,11-14H,4,7-10H2,1-3H3,(H,27,36)(H,32,33)/p-1. The number of hydrogen-bond donors (Lipinski definition) is 1. The zero-order valence-electron chi connectivity index (χ0n) is 20.2. The van der Waals surface area contributed by atoms with Crippen LogP contribution in [-0.4, -0.2) is 60.9 Å². The first-order valence-electron chi connectivity index (χ1n) is 11.4. The molecule has 11 heteroatoms. The molecule has 0 saturated carbocycles. The number of halogens is 1. The normalized spacial score (nSPS) is 13.6. The average molecular weight is 514 g/mol. The minimum atomic E-state index is -1.58. The lowest BCUT2D eigenvalue weighted by atomic mass is 10.1. The van der Waals surface area contributed by atoms with E-state index in [1.54, 1.807) is 43.1 Å². The molecule has 0 unspecified atom stereocenters. The Morgan fingerprint density at radius 2 is 1.86 bits per heavy atom. The molecule has 0 radical (unpaired) electrons. The monoisotopic (exact) mass is 513 g/mol. The quantitative estimate of drug-likeness (QED) is 0.497. The molecule has 3 aromatic rings. The number of nitrogens with zero attached hydrogens (tertiary/aromatic N) is 3. The summed E-state index contributed by atoms with van der Waals surface area (Å²) in [6.07, 6.45) is 1.25. The number of nitrogens with one attached hydrogen (secondary N) is 1. The van der Waals surface area contributed by atoms with Crippen LogP contribution < -0.4 is 30.2 Å². The molecule has 1 fully saturated rings. The number of carboxylic acids is 1. The van der Waals surface area contributed by atoms with Gasteiger partial charge in [0.15, 0.2) is 10.5 Å². The van der Waals surface area contributed by atoms with Crippen molar-refractivity contribution >= 4 is 45.6 Å². The third-order valence-electron chi connectivity index (χ3n) is 6.27. The summed E-state index contributed by atoms with van der Waals surface area (Å²) in [7, 11) is 3.15. The van der Waals surface area contributed by atoms with Crippen molar-refractivity contribution in [3.63, 3.8) is 0 Å². The van der Waals surface area contributed by atoms with Crippen molar-refractivity contribution in [1.82, 2.24) is 9.47 Å². The number of carbonyl (C=O) groups excluding carboxylic acids is 1. The first-order chi connectivity index (χ1) is 17.3. The number of carboxylic acid groups (broad SMARTS) is 1. The highest BCUT2D eigenvalue weighted by molar-refractivity contribution is 7.80. The van der Waals surface area contributed by atoms with E-state index in [0.29, 0.717) is 66.2 Å². The zero-order valence-corrected chi connectivity index (χ0v) is 21.0. The van der Waals surface area contributed by atoms with Crippen LogP contribution in [-0.2, 0) is 6.54 Å². The van der Waals surface area contributed by atoms with Gasteiger partial charge in [-0.15, -0.1) is 0 Å². The second-order valence-electron chi connectivity index (χ2n) is 8.24. The number of anilines is 2. The van der Waals surface area contributed by atoms with E-state index < -0.39 is 22.8 Å². The molecule has 4 rings (SSSR count). The lowest BCUT2D eigenvalue weighted by Crippen LogP contribution is -2.50. The second kappa shape index (κ2) is 10.4. The number of hydrogen-bond acceptors (Lipinski definition) is 7. The summed E-state index contributed by atoms with van der Waals surface area (Å²) in [5.74, 6) is -0.886. The van der Waals surface area contributed by atoms with Crippen molar-refractivity contribution in [2.75, 3.05) is 50.6 Å². The molecular formula is C25H26FN4O5S-. The molecule has 0 amide bonds. The summed E-state index contributed by atoms with van der Waals surface area (Å²) >= 11 is 5.60. The maximum Gasteiger partial charge on any atom is 0.198 e. The van der Waals surface area contributed by atoms with E-state index in [-0.39, 0.29) is 5.39 Å². The SMILES string of the molecule is CCn1cc(C(=O)[O-])c(=O)c2cc(F)c(N3CCN(C(=S)Nc4cc(OC)ccc4OC)CC3)cc21. The molecule has 1 aliphatic rings. The van der Waals surface area contributed by atoms with Gasteiger partial charge in [0.2, 0.25) is 0 Å². The minimum Gasteiger partial charge on any atom is -0.545 e. The Labute approximate surface area is 212 Å². The Kier molecular flexibility index (Phi) is 7.30. The predicted molar refractivity (Wildman–Crippen MR) is 138 cm³/mol. The van der Waals surface area contributed by atoms with Crippen LogP contribution in [0.15, 0.2) is 41.3 Å². The van der Waals surface area contributed by atoms with E-state index in [1.165, 1.54) is 6.20 Å². The fourth-order valence-corrected chi connectivity index (χ4v) is 4.60. The van der Waals surface area contributed by atoms with Crippen LogP contribution in [0.3, 0.4) is 0 Å². The molecule has 2 aromatic carbocycles. The summed E-state index contributed by atoms with van der Waals surface area (Å²) in [6, 6.07) is 8.09. The first kappa shape index (κ1) is 25.2. The molecule has 1 aliphatic heterocycles. The number of fused-ring (bicyclic) bond motifs is 1. The molecule has 1 saturated heterocycles. The highest BCUT2D eigenvalue weighted by atomic mass is 32.1. The number of piperazine rings is 1. The third-order valence-corrected chi connectivity index (χ3v) is 6.63. The fraction of sp³-hybridized carbons (Fsp3) is 0.320. The van der Waals surface area contributed by atoms with Crippen molar-refractivity contribution in [2.24, 2.45) is 0 Å². The van der Waals surface area contributed by atoms with Crippen LogP contribution in [0.25, 0.3) is 10.9 Å². The molecule has 0 atom stereocenters. The van der Waals surface area contributed by atoms with E-state index in [2.05, 4.69) is 5.32 Å². The molecule has 1 aromatic heterocycles. The third kappa shape index (κ3) is 4.78. The van der Waals surface area contributed by atoms with Gasteiger partial charge in [-0.1, -0.05) is 0 Å². The van der Waals surface area contributed by atoms with Crippen molar-refractivity contribution in [3.8, 4) is 11.5 Å². The lowest BCUT2D eigenvalue weighted by Gasteiger charge is -2.37. The van der Waals surface area contributed by atoms with E-state index >= 15 is 4.39 Å². The molecule has 190 valence electrons. The van der Waals surface area contributed by atoms with Gasteiger partial charge in [-0.25, -0.2) is 4.39 Å². The summed E-state index contributed by atoms with van der Waals surface area (Å²) in [6.45, 7) is 4.29. The molecule has 36 heavy (non-hydrogen) atoms. The Morgan fingerprint density at radius 3 is 2.47 bits per heavy atom. The summed E-state index contributed by atoms with van der Waals surface area (Å²) in [5, 5.41) is 15.1. The number of benzene rings is 2. The highest BCUT2D eigenvalue weighted by Crippen LogP contribution is 2.30. The fourth-order valence-electron chi connectivity index (χ4n) is 4.31. The molecule has 0 aliphatic carbocycles. The number of ether oxygens (including phenoxy) is 2. The van der Waals surface area contributed by atoms with E-state index in [0.717, 1.165) is 6.07 Å². The van der Waals surface area contributed by atoms with Crippen LogP contribution in [0.4, 0.5) is 15.8 Å². The summed E-state index contributed by atoms with van der Waals surface area (Å²) < 4.78 is 27.4. The van der Waals surface area contributed by atoms with Crippen molar-refractivity contribution in [2.45, 2.75) is 13.5 Å². The molecule has 0 bridgehead atoms. The van der Waals surface area contributed by atoms with Gasteiger partial charge in [-0.2, -0.15) is 0 Å². The van der Waals surface area contributed by atoms with Gasteiger partial charge in [0, 0.05) is 50.4 Å². The Hall–Kier alpha value is -3.86. The number of pyridine rings is 1. The number of methoxy groups -OCH3 is 2. The summed E-state index contributed by atoms with van der Waals surface area (Å²) in [5.41, 5.74) is 0.249. The van der Waals surface area contributed by atoms with Crippen LogP contribution in [0.5, 0.6) is 11.5 Å². The smallest absolute Gasteiger partial charge is 0.198 e. The topological polar surface area (TPSA) is 99.1 Å². The van der Waals surface area contributed by atoms with E-state index in [4.69, 9.17) is 21.7 Å². The Balaban J connectivity index is 1.53. The Bertz CT molecular complexity index is 1390. The molecule has 9 nitrogen and oxygen atoms in total. The van der Waals surface area contributed by atoms with Gasteiger partial charge in [0.25, 0.3) is 0 Å². The number of rotatable bonds is 6.